The SMILES string of the molecule is CN=C(NCC(c1ccco1)N(C)C)N1CCC(N2CCCCC2)C1. The molecule has 0 bridgehead atoms. The summed E-state index contributed by atoms with van der Waals surface area (Å²) in [6, 6.07) is 4.88. The number of furan rings is 1. The third-order valence-corrected chi connectivity index (χ3v) is 5.53. The molecule has 2 fully saturated rings. The van der Waals surface area contributed by atoms with Gasteiger partial charge in [0.1, 0.15) is 5.76 Å². The highest BCUT2D eigenvalue weighted by molar-refractivity contribution is 5.80. The molecule has 25 heavy (non-hydrogen) atoms. The fourth-order valence-corrected chi connectivity index (χ4v) is 4.05. The monoisotopic (exact) mass is 347 g/mol. The summed E-state index contributed by atoms with van der Waals surface area (Å²) < 4.78 is 5.60. The summed E-state index contributed by atoms with van der Waals surface area (Å²) in [5, 5.41) is 3.56. The molecule has 1 aromatic heterocycles. The maximum absolute atomic E-state index is 5.60. The van der Waals surface area contributed by atoms with Crippen molar-refractivity contribution in [1.29, 1.82) is 0 Å². The van der Waals surface area contributed by atoms with E-state index in [1.165, 1.54) is 38.8 Å². The summed E-state index contributed by atoms with van der Waals surface area (Å²) in [7, 11) is 6.05. The largest absolute Gasteiger partial charge is 0.468 e. The van der Waals surface area contributed by atoms with Gasteiger partial charge in [0.2, 0.25) is 0 Å². The molecule has 6 nitrogen and oxygen atoms in total. The molecule has 0 saturated carbocycles. The molecule has 2 saturated heterocycles. The predicted octanol–water partition coefficient (Wildman–Crippen LogP) is 2.02. The molecule has 2 atom stereocenters. The standard InChI is InChI=1S/C19H33N5O/c1-20-19(21-14-17(22(2)3)18-8-7-13-25-18)24-12-9-16(15-24)23-10-5-4-6-11-23/h7-8,13,16-17H,4-6,9-12,14-15H2,1-3H3,(H,20,21). The maximum atomic E-state index is 5.60. The van der Waals surface area contributed by atoms with E-state index in [1.807, 2.05) is 19.2 Å². The summed E-state index contributed by atoms with van der Waals surface area (Å²) in [4.78, 5) is 11.8. The Morgan fingerprint density at radius 1 is 1.32 bits per heavy atom. The molecule has 3 heterocycles. The number of likely N-dealkylation sites (N-methyl/N-ethyl adjacent to an activating group) is 1. The van der Waals surface area contributed by atoms with Crippen molar-refractivity contribution in [1.82, 2.24) is 20.0 Å². The number of aliphatic imine (C=N–C) groups is 1. The highest BCUT2D eigenvalue weighted by atomic mass is 16.3. The van der Waals surface area contributed by atoms with Crippen molar-refractivity contribution < 1.29 is 4.42 Å². The number of likely N-dealkylation sites (tertiary alicyclic amines) is 2. The number of hydrogen-bond donors (Lipinski definition) is 1. The molecule has 0 spiro atoms. The van der Waals surface area contributed by atoms with Crippen LogP contribution in [0.2, 0.25) is 0 Å². The van der Waals surface area contributed by atoms with Crippen LogP contribution >= 0.6 is 0 Å². The number of guanidine groups is 1. The summed E-state index contributed by atoms with van der Waals surface area (Å²) in [6.07, 6.45) is 7.10. The Kier molecular flexibility index (Phi) is 6.37. The highest BCUT2D eigenvalue weighted by Crippen LogP contribution is 2.21. The number of hydrogen-bond acceptors (Lipinski definition) is 4. The van der Waals surface area contributed by atoms with Gasteiger partial charge in [0.25, 0.3) is 0 Å². The molecule has 140 valence electrons. The van der Waals surface area contributed by atoms with Crippen LogP contribution in [0.4, 0.5) is 0 Å². The molecule has 3 rings (SSSR count). The Hall–Kier alpha value is -1.53. The van der Waals surface area contributed by atoms with E-state index in [9.17, 15) is 0 Å². The van der Waals surface area contributed by atoms with Gasteiger partial charge in [-0.05, 0) is 58.6 Å². The lowest BCUT2D eigenvalue weighted by molar-refractivity contribution is 0.168. The van der Waals surface area contributed by atoms with Gasteiger partial charge in [0.15, 0.2) is 5.96 Å². The molecule has 1 aromatic rings. The molecule has 1 N–H and O–H groups in total. The van der Waals surface area contributed by atoms with E-state index < -0.39 is 0 Å². The quantitative estimate of drug-likeness (QED) is 0.652. The predicted molar refractivity (Wildman–Crippen MR) is 102 cm³/mol. The van der Waals surface area contributed by atoms with Crippen molar-refractivity contribution in [2.24, 2.45) is 4.99 Å². The van der Waals surface area contributed by atoms with Crippen molar-refractivity contribution in [3.05, 3.63) is 24.2 Å². The summed E-state index contributed by atoms with van der Waals surface area (Å²) in [5.41, 5.74) is 0. The molecular formula is C19H33N5O. The first-order valence-corrected chi connectivity index (χ1v) is 9.58. The average Bonchev–Trinajstić information content (AvgIpc) is 3.31. The Morgan fingerprint density at radius 2 is 2.12 bits per heavy atom. The second kappa shape index (κ2) is 8.72. The van der Waals surface area contributed by atoms with Gasteiger partial charge in [-0.25, -0.2) is 0 Å². The van der Waals surface area contributed by atoms with Gasteiger partial charge >= 0.3 is 0 Å². The van der Waals surface area contributed by atoms with Gasteiger partial charge in [-0.3, -0.25) is 14.8 Å². The fourth-order valence-electron chi connectivity index (χ4n) is 4.05. The third-order valence-electron chi connectivity index (χ3n) is 5.53. The summed E-state index contributed by atoms with van der Waals surface area (Å²) in [5.74, 6) is 2.00. The van der Waals surface area contributed by atoms with Crippen LogP contribution in [0.15, 0.2) is 27.8 Å². The Labute approximate surface area is 151 Å². The number of nitrogens with zero attached hydrogens (tertiary/aromatic N) is 4. The van der Waals surface area contributed by atoms with E-state index in [0.29, 0.717) is 6.04 Å². The van der Waals surface area contributed by atoms with Crippen LogP contribution in [-0.2, 0) is 0 Å². The third kappa shape index (κ3) is 4.55. The van der Waals surface area contributed by atoms with Crippen LogP contribution in [0.5, 0.6) is 0 Å². The summed E-state index contributed by atoms with van der Waals surface area (Å²) in [6.45, 7) is 5.51. The van der Waals surface area contributed by atoms with Crippen LogP contribution in [0.25, 0.3) is 0 Å². The van der Waals surface area contributed by atoms with Crippen molar-refractivity contribution in [2.45, 2.75) is 37.8 Å². The number of nitrogens with one attached hydrogen (secondary N) is 1. The fraction of sp³-hybridized carbons (Fsp3) is 0.737. The Bertz CT molecular complexity index is 536. The zero-order valence-corrected chi connectivity index (χ0v) is 15.9. The minimum Gasteiger partial charge on any atom is -0.468 e. The molecule has 0 radical (unpaired) electrons. The van der Waals surface area contributed by atoms with Gasteiger partial charge in [-0.15, -0.1) is 0 Å². The molecule has 2 aliphatic rings. The van der Waals surface area contributed by atoms with Gasteiger partial charge in [0.05, 0.1) is 12.3 Å². The Balaban J connectivity index is 1.54. The van der Waals surface area contributed by atoms with Crippen molar-refractivity contribution in [3.8, 4) is 0 Å². The molecular weight excluding hydrogens is 314 g/mol. The number of piperidine rings is 1. The minimum atomic E-state index is 0.201. The molecule has 2 unspecified atom stereocenters. The second-order valence-corrected chi connectivity index (χ2v) is 7.41. The maximum Gasteiger partial charge on any atom is 0.193 e. The van der Waals surface area contributed by atoms with Gasteiger partial charge in [-0.2, -0.15) is 0 Å². The minimum absolute atomic E-state index is 0.201. The van der Waals surface area contributed by atoms with Crippen LogP contribution < -0.4 is 5.32 Å². The van der Waals surface area contributed by atoms with E-state index in [0.717, 1.165) is 31.4 Å². The Morgan fingerprint density at radius 3 is 2.76 bits per heavy atom. The van der Waals surface area contributed by atoms with Crippen molar-refractivity contribution in [3.63, 3.8) is 0 Å². The zero-order chi connectivity index (χ0) is 17.6. The topological polar surface area (TPSA) is 47.3 Å². The lowest BCUT2D eigenvalue weighted by Crippen LogP contribution is -2.46. The molecule has 6 heteroatoms. The van der Waals surface area contributed by atoms with E-state index in [2.05, 4.69) is 39.1 Å². The van der Waals surface area contributed by atoms with E-state index in [-0.39, 0.29) is 6.04 Å². The molecule has 0 amide bonds. The smallest absolute Gasteiger partial charge is 0.193 e. The lowest BCUT2D eigenvalue weighted by Gasteiger charge is -2.32. The van der Waals surface area contributed by atoms with E-state index >= 15 is 0 Å². The van der Waals surface area contributed by atoms with Crippen LogP contribution in [0, 0.1) is 0 Å². The first-order valence-electron chi connectivity index (χ1n) is 9.58. The first-order chi connectivity index (χ1) is 12.2. The summed E-state index contributed by atoms with van der Waals surface area (Å²) >= 11 is 0. The van der Waals surface area contributed by atoms with E-state index in [4.69, 9.17) is 4.42 Å². The number of rotatable bonds is 5. The van der Waals surface area contributed by atoms with Gasteiger partial charge in [0, 0.05) is 32.7 Å². The normalized spacial score (nSPS) is 24.1. The van der Waals surface area contributed by atoms with Crippen molar-refractivity contribution >= 4 is 5.96 Å². The van der Waals surface area contributed by atoms with Gasteiger partial charge in [-0.1, -0.05) is 6.42 Å². The van der Waals surface area contributed by atoms with Crippen LogP contribution in [0.1, 0.15) is 37.5 Å². The van der Waals surface area contributed by atoms with E-state index in [1.54, 1.807) is 6.26 Å². The second-order valence-electron chi connectivity index (χ2n) is 7.41. The first kappa shape index (κ1) is 18.3. The molecule has 0 aliphatic carbocycles. The van der Waals surface area contributed by atoms with Crippen LogP contribution in [0.3, 0.4) is 0 Å². The molecule has 2 aliphatic heterocycles. The lowest BCUT2D eigenvalue weighted by atomic mass is 10.1. The zero-order valence-electron chi connectivity index (χ0n) is 15.9. The molecule has 0 aromatic carbocycles. The average molecular weight is 348 g/mol. The van der Waals surface area contributed by atoms with Gasteiger partial charge < -0.3 is 14.6 Å². The van der Waals surface area contributed by atoms with Crippen LogP contribution in [-0.4, -0.2) is 80.6 Å². The van der Waals surface area contributed by atoms with Crippen molar-refractivity contribution in [2.75, 3.05) is 53.9 Å². The highest BCUT2D eigenvalue weighted by Gasteiger charge is 2.30.